The summed E-state index contributed by atoms with van der Waals surface area (Å²) in [7, 11) is -10.4. The van der Waals surface area contributed by atoms with E-state index in [0.717, 1.165) is 12.1 Å². The normalized spacial score (nSPS) is 14.9. The minimum absolute atomic E-state index is 0.0337. The lowest BCUT2D eigenvalue weighted by Crippen LogP contribution is -2.08. The van der Waals surface area contributed by atoms with Gasteiger partial charge in [0.05, 0.1) is 15.1 Å². The van der Waals surface area contributed by atoms with E-state index in [1.165, 1.54) is 0 Å². The van der Waals surface area contributed by atoms with E-state index >= 15 is 0 Å². The molecule has 0 bridgehead atoms. The molecule has 0 aromatic heterocycles. The highest BCUT2D eigenvalue weighted by molar-refractivity contribution is 8.00. The summed E-state index contributed by atoms with van der Waals surface area (Å²) < 4.78 is 15.9. The molecular formula is C7H6Cl3O7P2+. The van der Waals surface area contributed by atoms with Crippen LogP contribution < -0.4 is 4.52 Å². The smallest absolute Gasteiger partial charge is 0.415 e. The van der Waals surface area contributed by atoms with E-state index in [9.17, 15) is 14.3 Å². The lowest BCUT2D eigenvalue weighted by molar-refractivity contribution is 0.250. The first-order chi connectivity index (χ1) is 8.45. The van der Waals surface area contributed by atoms with Gasteiger partial charge in [-0.25, -0.2) is 9.36 Å². The molecule has 0 saturated heterocycles. The van der Waals surface area contributed by atoms with Gasteiger partial charge in [0.25, 0.3) is 0 Å². The van der Waals surface area contributed by atoms with E-state index in [2.05, 4.69) is 4.52 Å². The monoisotopic (exact) mass is 369 g/mol. The first-order valence-electron chi connectivity index (χ1n) is 4.24. The van der Waals surface area contributed by atoms with Gasteiger partial charge in [-0.15, -0.1) is 0 Å². The molecule has 0 aliphatic heterocycles. The van der Waals surface area contributed by atoms with Crippen molar-refractivity contribution in [2.24, 2.45) is 0 Å². The zero-order valence-electron chi connectivity index (χ0n) is 8.70. The van der Waals surface area contributed by atoms with Gasteiger partial charge in [0.1, 0.15) is 5.75 Å². The van der Waals surface area contributed by atoms with Crippen LogP contribution in [0.2, 0.25) is 15.1 Å². The van der Waals surface area contributed by atoms with Crippen LogP contribution >= 0.6 is 50.3 Å². The van der Waals surface area contributed by atoms with E-state index in [1.807, 2.05) is 0 Å². The van der Waals surface area contributed by atoms with E-state index in [1.54, 1.807) is 0 Å². The Morgan fingerprint density at radius 3 is 2.05 bits per heavy atom. The fraction of sp³-hybridized carbons (Fsp3) is 0. The second-order valence-corrected chi connectivity index (χ2v) is 7.91. The molecule has 0 saturated carbocycles. The molecule has 1 aromatic carbocycles. The minimum atomic E-state index is -5.21. The van der Waals surface area contributed by atoms with Crippen LogP contribution in [0, 0.1) is 0 Å². The number of carbonyl (C=O) groups excluding carboxylic acids is 1. The van der Waals surface area contributed by atoms with Crippen LogP contribution in [0.25, 0.3) is 0 Å². The summed E-state index contributed by atoms with van der Waals surface area (Å²) in [6.07, 6.45) is 0. The Labute approximate surface area is 122 Å². The van der Waals surface area contributed by atoms with Crippen LogP contribution in [0.5, 0.6) is 5.75 Å². The van der Waals surface area contributed by atoms with E-state index < -0.39 is 26.6 Å². The molecule has 1 aromatic rings. The fourth-order valence-electron chi connectivity index (χ4n) is 0.916. The average Bonchev–Trinajstić information content (AvgIpc) is 2.23. The number of hydrogen-bond acceptors (Lipinski definition) is 6. The van der Waals surface area contributed by atoms with Crippen molar-refractivity contribution in [1.29, 1.82) is 0 Å². The summed E-state index contributed by atoms with van der Waals surface area (Å²) >= 11 is 16.9. The molecule has 12 heteroatoms. The topological polar surface area (TPSA) is 124 Å². The number of rotatable bonds is 4. The Kier molecular flexibility index (Phi) is 5.24. The van der Waals surface area contributed by atoms with E-state index in [4.69, 9.17) is 49.5 Å². The standard InChI is InChI=1S/C7H5Cl3O7P2/c8-3-1-5(10)6(2-4(3)9)17-19(15,16)7(11)18(12,13)14/h1-2,12-14H/p+1. The van der Waals surface area contributed by atoms with Crippen LogP contribution in [0.1, 0.15) is 0 Å². The zero-order valence-corrected chi connectivity index (χ0v) is 12.8. The Morgan fingerprint density at radius 1 is 1.11 bits per heavy atom. The van der Waals surface area contributed by atoms with Gasteiger partial charge in [-0.1, -0.05) is 34.8 Å². The summed E-state index contributed by atoms with van der Waals surface area (Å²) in [6, 6.07) is 2.04. The number of hydrogen-bond donors (Lipinski definition) is 4. The number of benzene rings is 1. The molecule has 106 valence electrons. The molecule has 0 heterocycles. The van der Waals surface area contributed by atoms with Crippen molar-refractivity contribution >= 4 is 55.6 Å². The first kappa shape index (κ1) is 17.1. The minimum Gasteiger partial charge on any atom is -0.415 e. The summed E-state index contributed by atoms with van der Waals surface area (Å²) in [6.45, 7) is 0. The Balaban J connectivity index is 3.13. The molecule has 0 radical (unpaired) electrons. The van der Waals surface area contributed by atoms with Crippen molar-refractivity contribution in [2.75, 3.05) is 0 Å². The molecule has 19 heavy (non-hydrogen) atoms. The third kappa shape index (κ3) is 4.26. The number of carbonyl (C=O) groups is 1. The van der Waals surface area contributed by atoms with Crippen LogP contribution in [0.3, 0.4) is 0 Å². The van der Waals surface area contributed by atoms with Crippen LogP contribution in [0.4, 0.5) is 4.79 Å². The molecule has 0 aliphatic rings. The van der Waals surface area contributed by atoms with Gasteiger partial charge in [-0.3, -0.25) is 0 Å². The van der Waals surface area contributed by atoms with Crippen molar-refractivity contribution in [3.05, 3.63) is 27.2 Å². The van der Waals surface area contributed by atoms with Crippen molar-refractivity contribution in [3.8, 4) is 5.75 Å². The highest BCUT2D eigenvalue weighted by Gasteiger charge is 2.57. The van der Waals surface area contributed by atoms with Crippen molar-refractivity contribution in [1.82, 2.24) is 0 Å². The Bertz CT molecular complexity index is 571. The molecule has 1 unspecified atom stereocenters. The summed E-state index contributed by atoms with van der Waals surface area (Å²) in [5.41, 5.74) is 0. The highest BCUT2D eigenvalue weighted by Crippen LogP contribution is 2.62. The molecule has 0 spiro atoms. The van der Waals surface area contributed by atoms with E-state index in [-0.39, 0.29) is 15.1 Å². The maximum absolute atomic E-state index is 11.5. The third-order valence-electron chi connectivity index (χ3n) is 1.70. The molecule has 7 nitrogen and oxygen atoms in total. The Hall–Kier alpha value is 0.0600. The molecular weight excluding hydrogens is 364 g/mol. The maximum Gasteiger partial charge on any atom is 0.493 e. The number of halogens is 3. The quantitative estimate of drug-likeness (QED) is 0.474. The zero-order chi connectivity index (χ0) is 15.0. The van der Waals surface area contributed by atoms with Crippen molar-refractivity contribution < 1.29 is 33.5 Å². The summed E-state index contributed by atoms with van der Waals surface area (Å²) in [5.74, 6) is -0.483. The summed E-state index contributed by atoms with van der Waals surface area (Å²) in [4.78, 5) is 46.3. The molecule has 0 aliphatic carbocycles. The van der Waals surface area contributed by atoms with Crippen LogP contribution in [-0.2, 0) is 4.57 Å². The predicted octanol–water partition coefficient (Wildman–Crippen LogP) is 3.07. The van der Waals surface area contributed by atoms with Gasteiger partial charge in [-0.05, 0) is 6.07 Å². The average molecular weight is 370 g/mol. The molecule has 0 fully saturated rings. The van der Waals surface area contributed by atoms with Gasteiger partial charge in [-0.2, -0.15) is 14.7 Å². The highest BCUT2D eigenvalue weighted by atomic mass is 35.5. The van der Waals surface area contributed by atoms with Gasteiger partial charge in [0, 0.05) is 6.07 Å². The second kappa shape index (κ2) is 5.82. The molecule has 1 atom stereocenters. The SMILES string of the molecule is O=C(P(=O)(O)Oc1cc(Cl)c(Cl)cc1Cl)[P+](O)(O)O. The third-order valence-corrected chi connectivity index (χ3v) is 5.72. The predicted molar refractivity (Wildman–Crippen MR) is 70.9 cm³/mol. The van der Waals surface area contributed by atoms with Gasteiger partial charge < -0.3 is 9.42 Å². The first-order valence-corrected chi connectivity index (χ1v) is 8.60. The molecule has 0 amide bonds. The van der Waals surface area contributed by atoms with Crippen molar-refractivity contribution in [3.63, 3.8) is 0 Å². The van der Waals surface area contributed by atoms with Crippen LogP contribution in [0.15, 0.2) is 12.1 Å². The molecule has 4 N–H and O–H groups in total. The molecule has 1 rings (SSSR count). The lowest BCUT2D eigenvalue weighted by Gasteiger charge is -2.12. The van der Waals surface area contributed by atoms with Crippen LogP contribution in [-0.4, -0.2) is 24.8 Å². The lowest BCUT2D eigenvalue weighted by atomic mass is 10.3. The van der Waals surface area contributed by atoms with Crippen molar-refractivity contribution in [2.45, 2.75) is 0 Å². The summed E-state index contributed by atoms with van der Waals surface area (Å²) in [5, 5.41) is -2.42. The largest absolute Gasteiger partial charge is 0.493 e. The van der Waals surface area contributed by atoms with Gasteiger partial charge >= 0.3 is 20.8 Å². The van der Waals surface area contributed by atoms with Gasteiger partial charge in [0.15, 0.2) is 0 Å². The fourth-order valence-corrected chi connectivity index (χ4v) is 3.52. The van der Waals surface area contributed by atoms with E-state index in [0.29, 0.717) is 0 Å². The van der Waals surface area contributed by atoms with Gasteiger partial charge in [0.2, 0.25) is 0 Å². The Morgan fingerprint density at radius 2 is 1.58 bits per heavy atom. The maximum atomic E-state index is 11.5. The second-order valence-electron chi connectivity index (χ2n) is 3.16.